The number of nitrogens with one attached hydrogen (secondary N) is 1. The van der Waals surface area contributed by atoms with Crippen molar-refractivity contribution in [3.05, 3.63) is 181 Å². The van der Waals surface area contributed by atoms with Gasteiger partial charge in [0.25, 0.3) is 0 Å². The van der Waals surface area contributed by atoms with Crippen molar-refractivity contribution in [2.75, 3.05) is 6.54 Å². The van der Waals surface area contributed by atoms with E-state index < -0.39 is 0 Å². The molecule has 10 rings (SSSR count). The smallest absolute Gasteiger partial charge is 0.0541 e. The van der Waals surface area contributed by atoms with Crippen LogP contribution in [-0.4, -0.2) is 15.7 Å². The minimum absolute atomic E-state index is 0.787. The summed E-state index contributed by atoms with van der Waals surface area (Å²) in [4.78, 5) is 0. The molecule has 3 heterocycles. The molecule has 0 saturated carbocycles. The molecule has 0 aliphatic carbocycles. The zero-order valence-electron chi connectivity index (χ0n) is 26.3. The summed E-state index contributed by atoms with van der Waals surface area (Å²) >= 11 is 0. The molecular formula is C45H31N3. The Kier molecular flexibility index (Phi) is 5.94. The van der Waals surface area contributed by atoms with Crippen LogP contribution in [-0.2, 0) is 0 Å². The Bertz CT molecular complexity index is 2660. The van der Waals surface area contributed by atoms with E-state index in [1.54, 1.807) is 0 Å². The van der Waals surface area contributed by atoms with E-state index >= 15 is 0 Å². The van der Waals surface area contributed by atoms with Crippen LogP contribution in [0.15, 0.2) is 170 Å². The number of para-hydroxylation sites is 4. The number of hydrogen-bond acceptors (Lipinski definition) is 1. The highest BCUT2D eigenvalue weighted by molar-refractivity contribution is 6.12. The summed E-state index contributed by atoms with van der Waals surface area (Å²) in [5.41, 5.74) is 12.2. The van der Waals surface area contributed by atoms with Crippen molar-refractivity contribution < 1.29 is 0 Å². The van der Waals surface area contributed by atoms with Gasteiger partial charge in [-0.3, -0.25) is 0 Å². The first-order valence-corrected chi connectivity index (χ1v) is 16.6. The largest absolute Gasteiger partial charge is 0.386 e. The molecule has 1 N–H and O–H groups in total. The molecule has 3 nitrogen and oxygen atoms in total. The number of nitrogens with zero attached hydrogens (tertiary/aromatic N) is 2. The Labute approximate surface area is 278 Å². The number of benzene rings is 7. The first-order valence-electron chi connectivity index (χ1n) is 16.6. The standard InChI is InChI=1S/C45H31N3/c1-2-12-36-35(11-1)34(25-26-45(36)48-43-19-9-5-15-39(43)40-16-6-10-20-44(40)48)32-27-31(28-46-29-32)30-21-23-33(24-22-30)47-41-17-7-3-13-37(41)38-14-4-8-18-42(38)47/h1-27,29,46H,28H2. The number of hydrogen-bond donors (Lipinski definition) is 1. The van der Waals surface area contributed by atoms with Gasteiger partial charge in [-0.05, 0) is 76.2 Å². The van der Waals surface area contributed by atoms with Crippen molar-refractivity contribution in [2.24, 2.45) is 0 Å². The third-order valence-electron chi connectivity index (χ3n) is 9.99. The van der Waals surface area contributed by atoms with Crippen LogP contribution in [0.3, 0.4) is 0 Å². The van der Waals surface area contributed by atoms with Crippen molar-refractivity contribution in [1.29, 1.82) is 0 Å². The van der Waals surface area contributed by atoms with Crippen LogP contribution >= 0.6 is 0 Å². The zero-order valence-corrected chi connectivity index (χ0v) is 26.3. The Morgan fingerprint density at radius 2 is 0.896 bits per heavy atom. The predicted octanol–water partition coefficient (Wildman–Crippen LogP) is 11.1. The second-order valence-corrected chi connectivity index (χ2v) is 12.6. The maximum atomic E-state index is 3.59. The molecule has 0 amide bonds. The molecule has 0 atom stereocenters. The molecule has 0 saturated heterocycles. The predicted molar refractivity (Wildman–Crippen MR) is 203 cm³/mol. The Morgan fingerprint density at radius 1 is 0.417 bits per heavy atom. The third-order valence-corrected chi connectivity index (χ3v) is 9.99. The number of fused-ring (bicyclic) bond motifs is 7. The summed E-state index contributed by atoms with van der Waals surface area (Å²) < 4.78 is 4.79. The lowest BCUT2D eigenvalue weighted by Crippen LogP contribution is -2.14. The monoisotopic (exact) mass is 613 g/mol. The number of dihydropyridines is 1. The van der Waals surface area contributed by atoms with Gasteiger partial charge in [0.2, 0.25) is 0 Å². The van der Waals surface area contributed by atoms with E-state index in [2.05, 4.69) is 184 Å². The van der Waals surface area contributed by atoms with E-state index in [9.17, 15) is 0 Å². The quantitative estimate of drug-likeness (QED) is 0.210. The summed E-state index contributed by atoms with van der Waals surface area (Å²) in [5.74, 6) is 0. The van der Waals surface area contributed by atoms with Gasteiger partial charge in [-0.25, -0.2) is 0 Å². The van der Waals surface area contributed by atoms with Crippen LogP contribution in [0.4, 0.5) is 0 Å². The average molecular weight is 614 g/mol. The van der Waals surface area contributed by atoms with Crippen molar-refractivity contribution >= 4 is 65.5 Å². The molecule has 1 aliphatic heterocycles. The summed E-state index contributed by atoms with van der Waals surface area (Å²) in [6.45, 7) is 0.787. The van der Waals surface area contributed by atoms with Crippen molar-refractivity contribution in [2.45, 2.75) is 0 Å². The maximum absolute atomic E-state index is 3.59. The van der Waals surface area contributed by atoms with Crippen LogP contribution in [0.5, 0.6) is 0 Å². The average Bonchev–Trinajstić information content (AvgIpc) is 3.68. The lowest BCUT2D eigenvalue weighted by Gasteiger charge is -2.19. The lowest BCUT2D eigenvalue weighted by molar-refractivity contribution is 0.990. The molecule has 0 spiro atoms. The molecule has 226 valence electrons. The van der Waals surface area contributed by atoms with Gasteiger partial charge in [-0.2, -0.15) is 0 Å². The second kappa shape index (κ2) is 10.6. The molecule has 0 unspecified atom stereocenters. The molecule has 7 aromatic carbocycles. The lowest BCUT2D eigenvalue weighted by atomic mass is 9.93. The summed E-state index contributed by atoms with van der Waals surface area (Å²) in [7, 11) is 0. The number of aromatic nitrogens is 2. The van der Waals surface area contributed by atoms with Gasteiger partial charge < -0.3 is 14.5 Å². The van der Waals surface area contributed by atoms with Crippen LogP contribution < -0.4 is 5.32 Å². The maximum Gasteiger partial charge on any atom is 0.0541 e. The highest BCUT2D eigenvalue weighted by Crippen LogP contribution is 2.38. The van der Waals surface area contributed by atoms with Gasteiger partial charge in [0.15, 0.2) is 0 Å². The number of allylic oxidation sites excluding steroid dienone is 2. The van der Waals surface area contributed by atoms with Crippen LogP contribution in [0.25, 0.3) is 76.9 Å². The molecule has 1 aliphatic rings. The van der Waals surface area contributed by atoms with Crippen molar-refractivity contribution in [1.82, 2.24) is 14.5 Å². The molecule has 3 heteroatoms. The zero-order chi connectivity index (χ0) is 31.6. The van der Waals surface area contributed by atoms with Gasteiger partial charge in [-0.15, -0.1) is 0 Å². The Balaban J connectivity index is 1.06. The van der Waals surface area contributed by atoms with Gasteiger partial charge in [0.05, 0.1) is 27.8 Å². The normalized spacial score (nSPS) is 13.3. The molecule has 0 fully saturated rings. The van der Waals surface area contributed by atoms with E-state index in [-0.39, 0.29) is 0 Å². The minimum Gasteiger partial charge on any atom is -0.386 e. The minimum atomic E-state index is 0.787. The Hall–Kier alpha value is -6.32. The van der Waals surface area contributed by atoms with Crippen molar-refractivity contribution in [3.8, 4) is 11.4 Å². The van der Waals surface area contributed by atoms with Gasteiger partial charge in [0.1, 0.15) is 0 Å². The topological polar surface area (TPSA) is 21.9 Å². The van der Waals surface area contributed by atoms with E-state index in [0.29, 0.717) is 0 Å². The van der Waals surface area contributed by atoms with Crippen LogP contribution in [0, 0.1) is 0 Å². The first-order chi connectivity index (χ1) is 23.8. The number of rotatable bonds is 4. The highest BCUT2D eigenvalue weighted by Gasteiger charge is 2.18. The van der Waals surface area contributed by atoms with Gasteiger partial charge in [0, 0.05) is 45.4 Å². The third kappa shape index (κ3) is 4.01. The molecule has 48 heavy (non-hydrogen) atoms. The fourth-order valence-electron chi connectivity index (χ4n) is 7.83. The SMILES string of the molecule is C1=C(c2ccc(-n3c4ccccc4c4ccccc43)cc2)CNC=C1c1ccc(-n2c3ccccc3c3ccccc32)c2ccccc12. The first kappa shape index (κ1) is 26.9. The van der Waals surface area contributed by atoms with E-state index in [0.717, 1.165) is 6.54 Å². The van der Waals surface area contributed by atoms with Crippen molar-refractivity contribution in [3.63, 3.8) is 0 Å². The summed E-state index contributed by atoms with van der Waals surface area (Å²) in [6.07, 6.45) is 4.52. The summed E-state index contributed by atoms with van der Waals surface area (Å²) in [6, 6.07) is 57.2. The van der Waals surface area contributed by atoms with Gasteiger partial charge >= 0.3 is 0 Å². The van der Waals surface area contributed by atoms with Gasteiger partial charge in [-0.1, -0.05) is 115 Å². The summed E-state index contributed by atoms with van der Waals surface area (Å²) in [5, 5.41) is 11.2. The van der Waals surface area contributed by atoms with E-state index in [1.807, 2.05) is 0 Å². The van der Waals surface area contributed by atoms with Crippen LogP contribution in [0.2, 0.25) is 0 Å². The molecule has 0 bridgehead atoms. The molecule has 2 aromatic heterocycles. The second-order valence-electron chi connectivity index (χ2n) is 12.6. The highest BCUT2D eigenvalue weighted by atomic mass is 15.0. The molecular weight excluding hydrogens is 583 g/mol. The van der Waals surface area contributed by atoms with E-state index in [1.165, 1.54) is 88.0 Å². The fourth-order valence-corrected chi connectivity index (χ4v) is 7.83. The molecule has 0 radical (unpaired) electrons. The van der Waals surface area contributed by atoms with E-state index in [4.69, 9.17) is 0 Å². The Morgan fingerprint density at radius 3 is 1.46 bits per heavy atom. The fraction of sp³-hybridized carbons (Fsp3) is 0.0222. The van der Waals surface area contributed by atoms with Crippen LogP contribution in [0.1, 0.15) is 11.1 Å². The molecule has 9 aromatic rings.